The Kier molecular flexibility index (Phi) is 3.53. The molecule has 1 N–H and O–H groups in total. The summed E-state index contributed by atoms with van der Waals surface area (Å²) in [4.78, 5) is 10.6. The molecule has 1 aromatic carbocycles. The van der Waals surface area contributed by atoms with Gasteiger partial charge < -0.3 is 5.11 Å². The van der Waals surface area contributed by atoms with E-state index in [1.165, 1.54) is 6.07 Å². The summed E-state index contributed by atoms with van der Waals surface area (Å²) >= 11 is 5.98. The van der Waals surface area contributed by atoms with Crippen molar-refractivity contribution in [3.8, 4) is 0 Å². The number of hydrogen-bond donors (Lipinski definition) is 1. The number of halogens is 1. The third-order valence-corrected chi connectivity index (χ3v) is 2.72. The lowest BCUT2D eigenvalue weighted by Crippen LogP contribution is -1.99. The van der Waals surface area contributed by atoms with E-state index in [1.54, 1.807) is 12.1 Å². The summed E-state index contributed by atoms with van der Waals surface area (Å²) in [6.07, 6.45) is 0.992. The fourth-order valence-corrected chi connectivity index (χ4v) is 1.65. The molecule has 1 unspecified atom stereocenters. The van der Waals surface area contributed by atoms with E-state index in [4.69, 9.17) is 16.7 Å². The van der Waals surface area contributed by atoms with Gasteiger partial charge in [-0.2, -0.15) is 0 Å². The van der Waals surface area contributed by atoms with Gasteiger partial charge in [-0.3, -0.25) is 0 Å². The van der Waals surface area contributed by atoms with E-state index in [0.717, 1.165) is 12.0 Å². The second-order valence-corrected chi connectivity index (χ2v) is 3.76. The Morgan fingerprint density at radius 3 is 2.64 bits per heavy atom. The second-order valence-electron chi connectivity index (χ2n) is 3.35. The fraction of sp³-hybridized carbons (Fsp3) is 0.364. The third kappa shape index (κ3) is 2.26. The molecule has 1 atom stereocenters. The Hall–Kier alpha value is -1.02. The van der Waals surface area contributed by atoms with Crippen molar-refractivity contribution >= 4 is 17.6 Å². The minimum absolute atomic E-state index is 0.238. The Bertz CT molecular complexity index is 347. The fourth-order valence-electron chi connectivity index (χ4n) is 1.28. The minimum Gasteiger partial charge on any atom is -0.478 e. The number of carboxylic acid groups (broad SMARTS) is 1. The highest BCUT2D eigenvalue weighted by atomic mass is 35.5. The molecule has 0 aromatic heterocycles. The van der Waals surface area contributed by atoms with Crippen LogP contribution in [-0.2, 0) is 0 Å². The summed E-state index contributed by atoms with van der Waals surface area (Å²) in [6.45, 7) is 4.15. The second kappa shape index (κ2) is 4.47. The molecule has 1 aromatic rings. The number of benzene rings is 1. The molecule has 0 radical (unpaired) electrons. The van der Waals surface area contributed by atoms with Crippen LogP contribution >= 0.6 is 11.6 Å². The van der Waals surface area contributed by atoms with Gasteiger partial charge in [-0.1, -0.05) is 31.5 Å². The van der Waals surface area contributed by atoms with Crippen LogP contribution in [-0.4, -0.2) is 11.1 Å². The average Bonchev–Trinajstić information content (AvgIpc) is 2.16. The van der Waals surface area contributed by atoms with Crippen LogP contribution in [0.25, 0.3) is 0 Å². The Balaban J connectivity index is 3.07. The predicted octanol–water partition coefficient (Wildman–Crippen LogP) is 3.55. The molecule has 3 heteroatoms. The van der Waals surface area contributed by atoms with Gasteiger partial charge in [-0.25, -0.2) is 4.79 Å². The molecule has 2 nitrogen and oxygen atoms in total. The monoisotopic (exact) mass is 212 g/mol. The predicted molar refractivity (Wildman–Crippen MR) is 57.1 cm³/mol. The van der Waals surface area contributed by atoms with Gasteiger partial charge in [0.2, 0.25) is 0 Å². The van der Waals surface area contributed by atoms with Gasteiger partial charge in [-0.05, 0) is 30.0 Å². The maximum atomic E-state index is 10.6. The van der Waals surface area contributed by atoms with Crippen molar-refractivity contribution in [2.45, 2.75) is 26.2 Å². The van der Waals surface area contributed by atoms with Gasteiger partial charge in [0.15, 0.2) is 0 Å². The molecule has 0 saturated heterocycles. The number of carboxylic acids is 1. The first-order valence-electron chi connectivity index (χ1n) is 4.59. The van der Waals surface area contributed by atoms with Crippen LogP contribution in [0.1, 0.15) is 42.1 Å². The van der Waals surface area contributed by atoms with E-state index < -0.39 is 5.97 Å². The van der Waals surface area contributed by atoms with Crippen LogP contribution in [0.2, 0.25) is 5.02 Å². The van der Waals surface area contributed by atoms with Crippen LogP contribution in [0.15, 0.2) is 18.2 Å². The van der Waals surface area contributed by atoms with E-state index >= 15 is 0 Å². The van der Waals surface area contributed by atoms with Crippen molar-refractivity contribution < 1.29 is 9.90 Å². The first-order valence-corrected chi connectivity index (χ1v) is 4.96. The minimum atomic E-state index is -0.942. The molecular weight excluding hydrogens is 200 g/mol. The molecule has 0 amide bonds. The van der Waals surface area contributed by atoms with E-state index in [0.29, 0.717) is 10.9 Å². The maximum Gasteiger partial charge on any atom is 0.335 e. The molecule has 0 fully saturated rings. The Morgan fingerprint density at radius 1 is 1.57 bits per heavy atom. The molecule has 0 saturated carbocycles. The highest BCUT2D eigenvalue weighted by molar-refractivity contribution is 6.31. The standard InChI is InChI=1S/C11H13ClO2/c1-3-7(2)9-5-4-8(11(13)14)6-10(9)12/h4-7H,3H2,1-2H3,(H,13,14). The SMILES string of the molecule is CCC(C)c1ccc(C(=O)O)cc1Cl. The molecule has 0 heterocycles. The normalized spacial score (nSPS) is 12.5. The van der Waals surface area contributed by atoms with Crippen LogP contribution < -0.4 is 0 Å². The quantitative estimate of drug-likeness (QED) is 0.832. The summed E-state index contributed by atoms with van der Waals surface area (Å²) in [6, 6.07) is 4.89. The first kappa shape index (κ1) is 11.1. The zero-order chi connectivity index (χ0) is 10.7. The first-order chi connectivity index (χ1) is 6.56. The van der Waals surface area contributed by atoms with Gasteiger partial charge in [0.05, 0.1) is 5.56 Å². The molecule has 0 aliphatic carbocycles. The van der Waals surface area contributed by atoms with Crippen molar-refractivity contribution in [2.75, 3.05) is 0 Å². The molecule has 0 bridgehead atoms. The average molecular weight is 213 g/mol. The van der Waals surface area contributed by atoms with Gasteiger partial charge in [0.1, 0.15) is 0 Å². The van der Waals surface area contributed by atoms with Gasteiger partial charge in [-0.15, -0.1) is 0 Å². The summed E-state index contributed by atoms with van der Waals surface area (Å²) < 4.78 is 0. The molecular formula is C11H13ClO2. The van der Waals surface area contributed by atoms with E-state index in [-0.39, 0.29) is 5.56 Å². The smallest absolute Gasteiger partial charge is 0.335 e. The largest absolute Gasteiger partial charge is 0.478 e. The van der Waals surface area contributed by atoms with Crippen molar-refractivity contribution in [1.29, 1.82) is 0 Å². The highest BCUT2D eigenvalue weighted by Gasteiger charge is 2.10. The summed E-state index contributed by atoms with van der Waals surface area (Å²) in [5, 5.41) is 9.28. The molecule has 14 heavy (non-hydrogen) atoms. The molecule has 76 valence electrons. The summed E-state index contributed by atoms with van der Waals surface area (Å²) in [7, 11) is 0. The highest BCUT2D eigenvalue weighted by Crippen LogP contribution is 2.27. The van der Waals surface area contributed by atoms with Crippen LogP contribution in [0.4, 0.5) is 0 Å². The van der Waals surface area contributed by atoms with Gasteiger partial charge in [0.25, 0.3) is 0 Å². The van der Waals surface area contributed by atoms with E-state index in [2.05, 4.69) is 13.8 Å². The summed E-state index contributed by atoms with van der Waals surface area (Å²) in [5.41, 5.74) is 1.25. The lowest BCUT2D eigenvalue weighted by atomic mass is 9.97. The number of hydrogen-bond acceptors (Lipinski definition) is 1. The molecule has 0 aliphatic heterocycles. The van der Waals surface area contributed by atoms with Gasteiger partial charge in [0, 0.05) is 5.02 Å². The summed E-state index contributed by atoms with van der Waals surface area (Å²) in [5.74, 6) is -0.576. The van der Waals surface area contributed by atoms with Crippen molar-refractivity contribution in [1.82, 2.24) is 0 Å². The lowest BCUT2D eigenvalue weighted by molar-refractivity contribution is 0.0697. The van der Waals surface area contributed by atoms with Crippen LogP contribution in [0, 0.1) is 0 Å². The lowest BCUT2D eigenvalue weighted by Gasteiger charge is -2.11. The zero-order valence-electron chi connectivity index (χ0n) is 8.25. The molecule has 0 spiro atoms. The molecule has 0 aliphatic rings. The zero-order valence-corrected chi connectivity index (χ0v) is 9.01. The topological polar surface area (TPSA) is 37.3 Å². The third-order valence-electron chi connectivity index (χ3n) is 2.39. The Morgan fingerprint density at radius 2 is 2.21 bits per heavy atom. The number of aromatic carboxylic acids is 1. The van der Waals surface area contributed by atoms with Crippen molar-refractivity contribution in [2.24, 2.45) is 0 Å². The number of carbonyl (C=O) groups is 1. The number of rotatable bonds is 3. The van der Waals surface area contributed by atoms with Crippen LogP contribution in [0.5, 0.6) is 0 Å². The van der Waals surface area contributed by atoms with Gasteiger partial charge >= 0.3 is 5.97 Å². The van der Waals surface area contributed by atoms with E-state index in [9.17, 15) is 4.79 Å². The molecule has 1 rings (SSSR count). The van der Waals surface area contributed by atoms with Crippen LogP contribution in [0.3, 0.4) is 0 Å². The van der Waals surface area contributed by atoms with Crippen molar-refractivity contribution in [3.05, 3.63) is 34.3 Å². The van der Waals surface area contributed by atoms with Crippen molar-refractivity contribution in [3.63, 3.8) is 0 Å². The Labute approximate surface area is 88.5 Å². The van der Waals surface area contributed by atoms with E-state index in [1.807, 2.05) is 0 Å². The maximum absolute atomic E-state index is 10.6.